The molecule has 0 saturated heterocycles. The van der Waals surface area contributed by atoms with Crippen molar-refractivity contribution in [1.29, 1.82) is 0 Å². The summed E-state index contributed by atoms with van der Waals surface area (Å²) in [5, 5.41) is 3.54. The molecule has 0 aliphatic rings. The molecule has 0 radical (unpaired) electrons. The maximum atomic E-state index is 5.85. The Morgan fingerprint density at radius 2 is 1.94 bits per heavy atom. The standard InChI is InChI=1S/C14H26N2S/c1-10(2)9-16-11(8-15)12-6-7-13(17-12)14(3,4)5/h6-7,10-11,16H,8-9,15H2,1-5H3. The van der Waals surface area contributed by atoms with Gasteiger partial charge in [0.05, 0.1) is 6.04 Å². The zero-order chi connectivity index (χ0) is 13.1. The van der Waals surface area contributed by atoms with Crippen LogP contribution in [0.5, 0.6) is 0 Å². The average molecular weight is 254 g/mol. The van der Waals surface area contributed by atoms with E-state index in [4.69, 9.17) is 5.73 Å². The van der Waals surface area contributed by atoms with Crippen LogP contribution < -0.4 is 11.1 Å². The highest BCUT2D eigenvalue weighted by Crippen LogP contribution is 2.32. The summed E-state index contributed by atoms with van der Waals surface area (Å²) in [6.07, 6.45) is 0. The molecule has 1 unspecified atom stereocenters. The van der Waals surface area contributed by atoms with E-state index in [0.29, 0.717) is 18.5 Å². The highest BCUT2D eigenvalue weighted by Gasteiger charge is 2.19. The van der Waals surface area contributed by atoms with Gasteiger partial charge in [-0.25, -0.2) is 0 Å². The third-order valence-corrected chi connectivity index (χ3v) is 4.34. The molecular formula is C14H26N2S. The minimum atomic E-state index is 0.236. The molecule has 1 rings (SSSR count). The molecule has 0 fully saturated rings. The fourth-order valence-corrected chi connectivity index (χ4v) is 2.78. The smallest absolute Gasteiger partial charge is 0.0539 e. The summed E-state index contributed by atoms with van der Waals surface area (Å²) in [7, 11) is 0. The Bertz CT molecular complexity index is 336. The lowest BCUT2D eigenvalue weighted by Crippen LogP contribution is -2.30. The van der Waals surface area contributed by atoms with Gasteiger partial charge in [-0.05, 0) is 30.0 Å². The molecule has 3 heteroatoms. The van der Waals surface area contributed by atoms with E-state index in [9.17, 15) is 0 Å². The molecule has 98 valence electrons. The van der Waals surface area contributed by atoms with Gasteiger partial charge in [-0.15, -0.1) is 11.3 Å². The molecular weight excluding hydrogens is 228 g/mol. The SMILES string of the molecule is CC(C)CNC(CN)c1ccc(C(C)(C)C)s1. The van der Waals surface area contributed by atoms with Crippen molar-refractivity contribution < 1.29 is 0 Å². The monoisotopic (exact) mass is 254 g/mol. The second kappa shape index (κ2) is 5.98. The van der Waals surface area contributed by atoms with E-state index in [1.165, 1.54) is 9.75 Å². The highest BCUT2D eigenvalue weighted by atomic mass is 32.1. The van der Waals surface area contributed by atoms with E-state index in [1.54, 1.807) is 0 Å². The van der Waals surface area contributed by atoms with Gasteiger partial charge in [0.15, 0.2) is 0 Å². The lowest BCUT2D eigenvalue weighted by molar-refractivity contribution is 0.483. The molecule has 0 amide bonds. The summed E-state index contributed by atoms with van der Waals surface area (Å²) in [4.78, 5) is 2.79. The predicted octanol–water partition coefficient (Wildman–Crippen LogP) is 3.29. The van der Waals surface area contributed by atoms with Crippen LogP contribution in [-0.2, 0) is 5.41 Å². The fourth-order valence-electron chi connectivity index (χ4n) is 1.62. The van der Waals surface area contributed by atoms with E-state index in [1.807, 2.05) is 11.3 Å². The minimum absolute atomic E-state index is 0.236. The molecule has 0 aromatic carbocycles. The summed E-state index contributed by atoms with van der Waals surface area (Å²) in [6.45, 7) is 12.9. The zero-order valence-corrected chi connectivity index (χ0v) is 12.5. The van der Waals surface area contributed by atoms with Crippen molar-refractivity contribution in [3.63, 3.8) is 0 Å². The summed E-state index contributed by atoms with van der Waals surface area (Å²) in [5.41, 5.74) is 6.09. The van der Waals surface area contributed by atoms with Gasteiger partial charge in [0.2, 0.25) is 0 Å². The molecule has 17 heavy (non-hydrogen) atoms. The first-order valence-electron chi connectivity index (χ1n) is 6.38. The molecule has 0 spiro atoms. The molecule has 1 aromatic rings. The number of nitrogens with two attached hydrogens (primary N) is 1. The van der Waals surface area contributed by atoms with Crippen molar-refractivity contribution in [2.45, 2.75) is 46.1 Å². The van der Waals surface area contributed by atoms with Crippen LogP contribution in [0.4, 0.5) is 0 Å². The van der Waals surface area contributed by atoms with Gasteiger partial charge in [-0.3, -0.25) is 0 Å². The van der Waals surface area contributed by atoms with Crippen molar-refractivity contribution in [3.05, 3.63) is 21.9 Å². The van der Waals surface area contributed by atoms with Crippen LogP contribution in [-0.4, -0.2) is 13.1 Å². The number of hydrogen-bond donors (Lipinski definition) is 2. The Hall–Kier alpha value is -0.380. The molecule has 3 N–H and O–H groups in total. The first-order valence-corrected chi connectivity index (χ1v) is 7.20. The van der Waals surface area contributed by atoms with Crippen LogP contribution in [0.15, 0.2) is 12.1 Å². The molecule has 2 nitrogen and oxygen atoms in total. The van der Waals surface area contributed by atoms with Crippen molar-refractivity contribution in [3.8, 4) is 0 Å². The van der Waals surface area contributed by atoms with Gasteiger partial charge < -0.3 is 11.1 Å². The molecule has 0 saturated carbocycles. The summed E-state index contributed by atoms with van der Waals surface area (Å²) >= 11 is 1.88. The molecule has 1 heterocycles. The lowest BCUT2D eigenvalue weighted by Gasteiger charge is -2.18. The topological polar surface area (TPSA) is 38.0 Å². The first-order chi connectivity index (χ1) is 7.84. The molecule has 0 aliphatic heterocycles. The maximum absolute atomic E-state index is 5.85. The largest absolute Gasteiger partial charge is 0.329 e. The number of thiophene rings is 1. The Labute approximate surface area is 110 Å². The average Bonchev–Trinajstić information content (AvgIpc) is 2.67. The third-order valence-electron chi connectivity index (χ3n) is 2.72. The second-order valence-corrected chi connectivity index (χ2v) is 7.16. The Morgan fingerprint density at radius 3 is 2.35 bits per heavy atom. The van der Waals surface area contributed by atoms with Crippen molar-refractivity contribution in [1.82, 2.24) is 5.32 Å². The molecule has 1 aromatic heterocycles. The normalized spacial score (nSPS) is 14.3. The van der Waals surface area contributed by atoms with Gasteiger partial charge in [-0.1, -0.05) is 34.6 Å². The quantitative estimate of drug-likeness (QED) is 0.846. The number of rotatable bonds is 5. The fraction of sp³-hybridized carbons (Fsp3) is 0.714. The summed E-state index contributed by atoms with van der Waals surface area (Å²) in [5.74, 6) is 0.658. The van der Waals surface area contributed by atoms with Crippen LogP contribution in [0.25, 0.3) is 0 Å². The van der Waals surface area contributed by atoms with E-state index in [2.05, 4.69) is 52.1 Å². The van der Waals surface area contributed by atoms with Gasteiger partial charge in [0.1, 0.15) is 0 Å². The maximum Gasteiger partial charge on any atom is 0.0539 e. The van der Waals surface area contributed by atoms with Gasteiger partial charge in [0.25, 0.3) is 0 Å². The van der Waals surface area contributed by atoms with Gasteiger partial charge in [0, 0.05) is 16.3 Å². The Kier molecular flexibility index (Phi) is 5.17. The van der Waals surface area contributed by atoms with Gasteiger partial charge in [-0.2, -0.15) is 0 Å². The zero-order valence-electron chi connectivity index (χ0n) is 11.7. The van der Waals surface area contributed by atoms with Crippen LogP contribution >= 0.6 is 11.3 Å². The van der Waals surface area contributed by atoms with Crippen molar-refractivity contribution >= 4 is 11.3 Å². The summed E-state index contributed by atoms with van der Waals surface area (Å²) < 4.78 is 0. The lowest BCUT2D eigenvalue weighted by atomic mass is 9.95. The Morgan fingerprint density at radius 1 is 1.29 bits per heavy atom. The van der Waals surface area contributed by atoms with Gasteiger partial charge >= 0.3 is 0 Å². The van der Waals surface area contributed by atoms with E-state index in [0.717, 1.165) is 6.54 Å². The van der Waals surface area contributed by atoms with Crippen LogP contribution in [0.2, 0.25) is 0 Å². The van der Waals surface area contributed by atoms with Crippen LogP contribution in [0, 0.1) is 5.92 Å². The van der Waals surface area contributed by atoms with E-state index < -0.39 is 0 Å². The van der Waals surface area contributed by atoms with Crippen LogP contribution in [0.3, 0.4) is 0 Å². The van der Waals surface area contributed by atoms with E-state index >= 15 is 0 Å². The molecule has 0 bridgehead atoms. The predicted molar refractivity (Wildman–Crippen MR) is 77.7 cm³/mol. The second-order valence-electron chi connectivity index (χ2n) is 6.04. The molecule has 1 atom stereocenters. The van der Waals surface area contributed by atoms with E-state index in [-0.39, 0.29) is 5.41 Å². The summed E-state index contributed by atoms with van der Waals surface area (Å²) in [6, 6.07) is 4.76. The van der Waals surface area contributed by atoms with Crippen molar-refractivity contribution in [2.75, 3.05) is 13.1 Å². The first kappa shape index (κ1) is 14.7. The van der Waals surface area contributed by atoms with Crippen LogP contribution in [0.1, 0.15) is 50.4 Å². The molecule has 0 aliphatic carbocycles. The number of nitrogens with one attached hydrogen (secondary N) is 1. The Balaban J connectivity index is 2.72. The number of hydrogen-bond acceptors (Lipinski definition) is 3. The van der Waals surface area contributed by atoms with Crippen molar-refractivity contribution in [2.24, 2.45) is 11.7 Å². The highest BCUT2D eigenvalue weighted by molar-refractivity contribution is 7.12. The minimum Gasteiger partial charge on any atom is -0.329 e. The third kappa shape index (κ3) is 4.41.